The number of furan rings is 1. The van der Waals surface area contributed by atoms with E-state index in [1.165, 1.54) is 28.8 Å². The lowest BCUT2D eigenvalue weighted by Crippen LogP contribution is -2.27. The zero-order valence-corrected chi connectivity index (χ0v) is 16.8. The van der Waals surface area contributed by atoms with Crippen molar-refractivity contribution in [2.24, 2.45) is 0 Å². The van der Waals surface area contributed by atoms with Crippen LogP contribution >= 0.6 is 24.0 Å². The van der Waals surface area contributed by atoms with Crippen LogP contribution in [0.25, 0.3) is 17.5 Å². The maximum atomic E-state index is 12.8. The molecule has 8 heteroatoms. The molecule has 0 spiro atoms. The van der Waals surface area contributed by atoms with Crippen molar-refractivity contribution in [2.75, 3.05) is 4.90 Å². The second kappa shape index (κ2) is 7.65. The number of aromatic nitrogens is 1. The zero-order valence-electron chi connectivity index (χ0n) is 15.2. The molecule has 0 atom stereocenters. The van der Waals surface area contributed by atoms with Crippen molar-refractivity contribution in [3.8, 4) is 11.5 Å². The second-order valence-electron chi connectivity index (χ2n) is 6.29. The van der Waals surface area contributed by atoms with Crippen LogP contribution in [-0.4, -0.2) is 26.3 Å². The number of thioether (sulfide) groups is 1. The molecule has 1 N–H and O–H groups in total. The third kappa shape index (κ3) is 3.85. The highest BCUT2D eigenvalue weighted by atomic mass is 32.2. The van der Waals surface area contributed by atoms with Gasteiger partial charge >= 0.3 is 5.97 Å². The molecule has 0 saturated carbocycles. The van der Waals surface area contributed by atoms with Gasteiger partial charge in [0.2, 0.25) is 0 Å². The first kappa shape index (κ1) is 19.1. The quantitative estimate of drug-likeness (QED) is 0.480. The Kier molecular flexibility index (Phi) is 5.04. The first-order chi connectivity index (χ1) is 13.9. The van der Waals surface area contributed by atoms with E-state index in [2.05, 4.69) is 4.98 Å². The minimum Gasteiger partial charge on any atom is -0.478 e. The van der Waals surface area contributed by atoms with Crippen LogP contribution in [0.2, 0.25) is 0 Å². The van der Waals surface area contributed by atoms with Crippen molar-refractivity contribution < 1.29 is 19.1 Å². The van der Waals surface area contributed by atoms with Crippen LogP contribution in [0, 0.1) is 6.92 Å². The number of hydrogen-bond acceptors (Lipinski definition) is 6. The third-order valence-corrected chi connectivity index (χ3v) is 5.54. The Morgan fingerprint density at radius 3 is 2.66 bits per heavy atom. The minimum atomic E-state index is -1.03. The predicted octanol–water partition coefficient (Wildman–Crippen LogP) is 4.75. The molecule has 0 radical (unpaired) electrons. The summed E-state index contributed by atoms with van der Waals surface area (Å²) in [4.78, 5) is 29.9. The SMILES string of the molecule is Cc1ccnc(-c2ccc(C=C3SC(=S)N(c4ccc(C(=O)O)cc4)C3=O)o2)c1. The lowest BCUT2D eigenvalue weighted by atomic mass is 10.2. The molecule has 0 aliphatic carbocycles. The van der Waals surface area contributed by atoms with Gasteiger partial charge in [-0.25, -0.2) is 4.79 Å². The van der Waals surface area contributed by atoms with Crippen molar-refractivity contribution in [2.45, 2.75) is 6.92 Å². The molecule has 4 rings (SSSR count). The monoisotopic (exact) mass is 422 g/mol. The Balaban J connectivity index is 1.59. The van der Waals surface area contributed by atoms with Crippen LogP contribution in [0.4, 0.5) is 5.69 Å². The summed E-state index contributed by atoms with van der Waals surface area (Å²) in [6, 6.07) is 13.4. The predicted molar refractivity (Wildman–Crippen MR) is 116 cm³/mol. The zero-order chi connectivity index (χ0) is 20.5. The lowest BCUT2D eigenvalue weighted by molar-refractivity contribution is -0.113. The van der Waals surface area contributed by atoms with Crippen molar-refractivity contribution in [1.82, 2.24) is 4.98 Å². The van der Waals surface area contributed by atoms with Crippen molar-refractivity contribution in [3.63, 3.8) is 0 Å². The molecule has 1 saturated heterocycles. The Hall–Kier alpha value is -3.23. The fraction of sp³-hybridized carbons (Fsp3) is 0.0476. The molecular weight excluding hydrogens is 408 g/mol. The van der Waals surface area contributed by atoms with E-state index in [-0.39, 0.29) is 11.5 Å². The summed E-state index contributed by atoms with van der Waals surface area (Å²) >= 11 is 6.51. The van der Waals surface area contributed by atoms with Crippen LogP contribution in [0.15, 0.2) is 64.1 Å². The summed E-state index contributed by atoms with van der Waals surface area (Å²) in [5, 5.41) is 9.02. The van der Waals surface area contributed by atoms with Gasteiger partial charge in [0, 0.05) is 12.3 Å². The van der Waals surface area contributed by atoms with E-state index in [4.69, 9.17) is 21.7 Å². The Bertz CT molecular complexity index is 1170. The standard InChI is InChI=1S/C21H14N2O4S2/c1-12-8-9-22-16(10-12)17-7-6-15(27-17)11-18-19(24)23(21(28)29-18)14-4-2-13(3-5-14)20(25)26/h2-11H,1H3,(H,25,26). The number of aromatic carboxylic acids is 1. The number of benzene rings is 1. The van der Waals surface area contributed by atoms with Gasteiger partial charge < -0.3 is 9.52 Å². The van der Waals surface area contributed by atoms with Crippen LogP contribution < -0.4 is 4.90 Å². The molecule has 1 aliphatic rings. The van der Waals surface area contributed by atoms with Crippen LogP contribution in [0.1, 0.15) is 21.7 Å². The minimum absolute atomic E-state index is 0.141. The number of aryl methyl sites for hydroxylation is 1. The Labute approximate surface area is 175 Å². The molecule has 0 unspecified atom stereocenters. The highest BCUT2D eigenvalue weighted by molar-refractivity contribution is 8.27. The number of rotatable bonds is 4. The van der Waals surface area contributed by atoms with E-state index in [0.717, 1.165) is 11.3 Å². The van der Waals surface area contributed by atoms with Gasteiger partial charge in [0.1, 0.15) is 11.5 Å². The van der Waals surface area contributed by atoms with Gasteiger partial charge in [0.05, 0.1) is 16.2 Å². The van der Waals surface area contributed by atoms with Gasteiger partial charge in [0.15, 0.2) is 10.1 Å². The number of pyridine rings is 1. The number of nitrogens with zero attached hydrogens (tertiary/aromatic N) is 2. The van der Waals surface area contributed by atoms with E-state index in [1.807, 2.05) is 19.1 Å². The molecule has 1 aromatic carbocycles. The maximum Gasteiger partial charge on any atom is 0.335 e. The fourth-order valence-corrected chi connectivity index (χ4v) is 4.09. The maximum absolute atomic E-state index is 12.8. The third-order valence-electron chi connectivity index (χ3n) is 4.23. The summed E-state index contributed by atoms with van der Waals surface area (Å²) in [7, 11) is 0. The van der Waals surface area contributed by atoms with Gasteiger partial charge in [0.25, 0.3) is 5.91 Å². The van der Waals surface area contributed by atoms with Gasteiger partial charge in [-0.15, -0.1) is 0 Å². The molecule has 3 aromatic rings. The van der Waals surface area contributed by atoms with Gasteiger partial charge in [-0.1, -0.05) is 24.0 Å². The summed E-state index contributed by atoms with van der Waals surface area (Å²) in [6.07, 6.45) is 3.36. The highest BCUT2D eigenvalue weighted by Crippen LogP contribution is 2.36. The molecule has 1 aliphatic heterocycles. The summed E-state index contributed by atoms with van der Waals surface area (Å²) in [5.74, 6) is -0.182. The van der Waals surface area contributed by atoms with Crippen molar-refractivity contribution in [3.05, 3.63) is 76.5 Å². The van der Waals surface area contributed by atoms with E-state index in [0.29, 0.717) is 26.4 Å². The molecule has 1 amide bonds. The summed E-state index contributed by atoms with van der Waals surface area (Å²) < 4.78 is 6.19. The van der Waals surface area contributed by atoms with Crippen molar-refractivity contribution >= 4 is 51.9 Å². The number of carboxylic acids is 1. The van der Waals surface area contributed by atoms with Crippen LogP contribution in [0.5, 0.6) is 0 Å². The molecular formula is C21H14N2O4S2. The number of thiocarbonyl (C=S) groups is 1. The number of carbonyl (C=O) groups is 2. The number of carbonyl (C=O) groups excluding carboxylic acids is 1. The van der Waals surface area contributed by atoms with Crippen molar-refractivity contribution in [1.29, 1.82) is 0 Å². The Morgan fingerprint density at radius 1 is 1.21 bits per heavy atom. The highest BCUT2D eigenvalue weighted by Gasteiger charge is 2.33. The van der Waals surface area contributed by atoms with E-state index >= 15 is 0 Å². The first-order valence-electron chi connectivity index (χ1n) is 8.56. The number of anilines is 1. The molecule has 6 nitrogen and oxygen atoms in total. The topological polar surface area (TPSA) is 83.6 Å². The number of amides is 1. The summed E-state index contributed by atoms with van der Waals surface area (Å²) in [6.45, 7) is 1.98. The van der Waals surface area contributed by atoms with Gasteiger partial charge in [-0.2, -0.15) is 0 Å². The normalized spacial score (nSPS) is 15.3. The van der Waals surface area contributed by atoms with Gasteiger partial charge in [-0.05, 0) is 61.0 Å². The molecule has 29 heavy (non-hydrogen) atoms. The molecule has 1 fully saturated rings. The first-order valence-corrected chi connectivity index (χ1v) is 9.79. The summed E-state index contributed by atoms with van der Waals surface area (Å²) in [5.41, 5.74) is 2.45. The molecule has 2 aromatic heterocycles. The van der Waals surface area contributed by atoms with E-state index in [1.54, 1.807) is 36.5 Å². The lowest BCUT2D eigenvalue weighted by Gasteiger charge is -2.14. The smallest absolute Gasteiger partial charge is 0.335 e. The van der Waals surface area contributed by atoms with E-state index < -0.39 is 5.97 Å². The number of carboxylic acid groups (broad SMARTS) is 1. The van der Waals surface area contributed by atoms with Crippen LogP contribution in [-0.2, 0) is 4.79 Å². The van der Waals surface area contributed by atoms with E-state index in [9.17, 15) is 9.59 Å². The average molecular weight is 422 g/mol. The average Bonchev–Trinajstić information content (AvgIpc) is 3.27. The fourth-order valence-electron chi connectivity index (χ4n) is 2.81. The largest absolute Gasteiger partial charge is 0.478 e. The Morgan fingerprint density at radius 2 is 1.97 bits per heavy atom. The second-order valence-corrected chi connectivity index (χ2v) is 7.97. The number of hydrogen-bond donors (Lipinski definition) is 1. The van der Waals surface area contributed by atoms with Gasteiger partial charge in [-0.3, -0.25) is 14.7 Å². The molecule has 0 bridgehead atoms. The van der Waals surface area contributed by atoms with Crippen LogP contribution in [0.3, 0.4) is 0 Å². The molecule has 144 valence electrons. The molecule has 3 heterocycles.